The van der Waals surface area contributed by atoms with Gasteiger partial charge < -0.3 is 15.2 Å². The minimum atomic E-state index is -0.471. The Labute approximate surface area is 123 Å². The maximum absolute atomic E-state index is 13.3. The fraction of sp³-hybridized carbons (Fsp3) is 0.438. The molecule has 1 aliphatic rings. The van der Waals surface area contributed by atoms with E-state index in [9.17, 15) is 9.18 Å². The van der Waals surface area contributed by atoms with E-state index in [0.29, 0.717) is 18.8 Å². The molecule has 0 spiro atoms. The molecule has 21 heavy (non-hydrogen) atoms. The van der Waals surface area contributed by atoms with E-state index >= 15 is 0 Å². The molecule has 1 heterocycles. The third-order valence-corrected chi connectivity index (χ3v) is 3.38. The summed E-state index contributed by atoms with van der Waals surface area (Å²) in [5.41, 5.74) is 0.136. The van der Waals surface area contributed by atoms with Crippen LogP contribution < -0.4 is 5.32 Å². The molecule has 0 aliphatic carbocycles. The maximum atomic E-state index is 13.3. The highest BCUT2D eigenvalue weighted by atomic mass is 19.1. The molecule has 0 aromatic heterocycles. The molecular weight excluding hydrogens is 273 g/mol. The topological polar surface area (TPSA) is 58.6 Å². The molecule has 1 aromatic rings. The standard InChI is InChI=1S/C16H18FNO3/c1-16(7-3-9-21-11-16)18-15(20)14-6-5-13(17)10-12(14)4-2-8-19/h5-6,10,19H,3,7-9,11H2,1H3,(H,18,20). The summed E-state index contributed by atoms with van der Waals surface area (Å²) in [5.74, 6) is 4.25. The Bertz CT molecular complexity index is 583. The van der Waals surface area contributed by atoms with Gasteiger partial charge in [0.05, 0.1) is 17.7 Å². The first-order valence-electron chi connectivity index (χ1n) is 6.84. The number of nitrogens with one attached hydrogen (secondary N) is 1. The maximum Gasteiger partial charge on any atom is 0.253 e. The van der Waals surface area contributed by atoms with Crippen LogP contribution in [0.15, 0.2) is 18.2 Å². The Morgan fingerprint density at radius 2 is 2.38 bits per heavy atom. The molecule has 0 radical (unpaired) electrons. The fourth-order valence-corrected chi connectivity index (χ4v) is 2.33. The molecule has 1 atom stereocenters. The molecule has 0 bridgehead atoms. The lowest BCUT2D eigenvalue weighted by molar-refractivity contribution is 0.0272. The third kappa shape index (κ3) is 4.03. The van der Waals surface area contributed by atoms with Crippen molar-refractivity contribution in [3.8, 4) is 11.8 Å². The monoisotopic (exact) mass is 291 g/mol. The Morgan fingerprint density at radius 1 is 1.57 bits per heavy atom. The van der Waals surface area contributed by atoms with E-state index < -0.39 is 11.4 Å². The van der Waals surface area contributed by atoms with Crippen molar-refractivity contribution in [2.75, 3.05) is 19.8 Å². The smallest absolute Gasteiger partial charge is 0.253 e. The first kappa shape index (κ1) is 15.5. The van der Waals surface area contributed by atoms with Crippen LogP contribution in [-0.4, -0.2) is 36.4 Å². The van der Waals surface area contributed by atoms with Crippen LogP contribution in [0.25, 0.3) is 0 Å². The zero-order valence-electron chi connectivity index (χ0n) is 11.9. The average molecular weight is 291 g/mol. The molecule has 1 saturated heterocycles. The van der Waals surface area contributed by atoms with E-state index in [0.717, 1.165) is 12.8 Å². The number of hydrogen-bond acceptors (Lipinski definition) is 3. The average Bonchev–Trinajstić information content (AvgIpc) is 2.45. The minimum absolute atomic E-state index is 0.266. The molecule has 4 nitrogen and oxygen atoms in total. The molecule has 1 fully saturated rings. The largest absolute Gasteiger partial charge is 0.384 e. The molecule has 112 valence electrons. The van der Waals surface area contributed by atoms with Crippen LogP contribution in [0.5, 0.6) is 0 Å². The second-order valence-electron chi connectivity index (χ2n) is 5.32. The molecule has 1 aromatic carbocycles. The van der Waals surface area contributed by atoms with Crippen LogP contribution in [0, 0.1) is 17.7 Å². The molecule has 2 N–H and O–H groups in total. The Morgan fingerprint density at radius 3 is 3.05 bits per heavy atom. The van der Waals surface area contributed by atoms with E-state index in [1.54, 1.807) is 0 Å². The number of carbonyl (C=O) groups is 1. The van der Waals surface area contributed by atoms with Crippen LogP contribution in [-0.2, 0) is 4.74 Å². The number of benzene rings is 1. The normalized spacial score (nSPS) is 21.3. The minimum Gasteiger partial charge on any atom is -0.384 e. The highest BCUT2D eigenvalue weighted by Gasteiger charge is 2.30. The van der Waals surface area contributed by atoms with Crippen LogP contribution in [0.3, 0.4) is 0 Å². The van der Waals surface area contributed by atoms with Crippen molar-refractivity contribution in [2.24, 2.45) is 0 Å². The summed E-state index contributed by atoms with van der Waals surface area (Å²) in [7, 11) is 0. The van der Waals surface area contributed by atoms with Gasteiger partial charge in [0.1, 0.15) is 12.4 Å². The van der Waals surface area contributed by atoms with Crippen molar-refractivity contribution < 1.29 is 19.0 Å². The molecule has 1 amide bonds. The van der Waals surface area contributed by atoms with Crippen LogP contribution in [0.2, 0.25) is 0 Å². The van der Waals surface area contributed by atoms with Crippen molar-refractivity contribution in [1.82, 2.24) is 5.32 Å². The van der Waals surface area contributed by atoms with Crippen molar-refractivity contribution in [3.63, 3.8) is 0 Å². The molecule has 5 heteroatoms. The van der Waals surface area contributed by atoms with Gasteiger partial charge in [0, 0.05) is 12.2 Å². The van der Waals surface area contributed by atoms with Crippen LogP contribution >= 0.6 is 0 Å². The number of hydrogen-bond donors (Lipinski definition) is 2. The van der Waals surface area contributed by atoms with Gasteiger partial charge in [-0.25, -0.2) is 4.39 Å². The summed E-state index contributed by atoms with van der Waals surface area (Å²) in [6.07, 6.45) is 1.72. The second kappa shape index (κ2) is 6.70. The highest BCUT2D eigenvalue weighted by Crippen LogP contribution is 2.20. The second-order valence-corrected chi connectivity index (χ2v) is 5.32. The quantitative estimate of drug-likeness (QED) is 0.811. The predicted molar refractivity (Wildman–Crippen MR) is 76.3 cm³/mol. The fourth-order valence-electron chi connectivity index (χ4n) is 2.33. The predicted octanol–water partition coefficient (Wildman–Crippen LogP) is 1.47. The van der Waals surface area contributed by atoms with Crippen LogP contribution in [0.4, 0.5) is 4.39 Å². The number of aliphatic hydroxyl groups excluding tert-OH is 1. The van der Waals surface area contributed by atoms with Gasteiger partial charge in [-0.3, -0.25) is 4.79 Å². The SMILES string of the molecule is CC1(NC(=O)c2ccc(F)cc2C#CCO)CCCOC1. The summed E-state index contributed by atoms with van der Waals surface area (Å²) >= 11 is 0. The zero-order chi connectivity index (χ0) is 15.3. The van der Waals surface area contributed by atoms with Crippen molar-refractivity contribution in [3.05, 3.63) is 35.1 Å². The third-order valence-electron chi connectivity index (χ3n) is 3.38. The Balaban J connectivity index is 2.22. The van der Waals surface area contributed by atoms with E-state index in [1.807, 2.05) is 6.92 Å². The van der Waals surface area contributed by atoms with E-state index in [-0.39, 0.29) is 18.1 Å². The molecule has 0 saturated carbocycles. The van der Waals surface area contributed by atoms with Gasteiger partial charge in [-0.15, -0.1) is 0 Å². The summed E-state index contributed by atoms with van der Waals surface area (Å²) in [5, 5.41) is 11.7. The summed E-state index contributed by atoms with van der Waals surface area (Å²) in [4.78, 5) is 12.4. The first-order valence-corrected chi connectivity index (χ1v) is 6.84. The van der Waals surface area contributed by atoms with Gasteiger partial charge in [-0.05, 0) is 38.0 Å². The van der Waals surface area contributed by atoms with E-state index in [2.05, 4.69) is 17.2 Å². The number of halogens is 1. The van der Waals surface area contributed by atoms with E-state index in [4.69, 9.17) is 9.84 Å². The van der Waals surface area contributed by atoms with Crippen molar-refractivity contribution in [1.29, 1.82) is 0 Å². The Kier molecular flexibility index (Phi) is 4.94. The highest BCUT2D eigenvalue weighted by molar-refractivity contribution is 5.97. The number of amides is 1. The lowest BCUT2D eigenvalue weighted by Crippen LogP contribution is -2.51. The van der Waals surface area contributed by atoms with Gasteiger partial charge in [0.2, 0.25) is 0 Å². The van der Waals surface area contributed by atoms with Gasteiger partial charge in [0.25, 0.3) is 5.91 Å². The molecule has 1 aliphatic heterocycles. The first-order chi connectivity index (χ1) is 10.0. The molecule has 1 unspecified atom stereocenters. The van der Waals surface area contributed by atoms with Gasteiger partial charge in [-0.2, -0.15) is 0 Å². The Hall–Kier alpha value is -1.90. The number of ether oxygens (including phenoxy) is 1. The number of carbonyl (C=O) groups excluding carboxylic acids is 1. The van der Waals surface area contributed by atoms with Gasteiger partial charge in [0.15, 0.2) is 0 Å². The van der Waals surface area contributed by atoms with Gasteiger partial charge in [-0.1, -0.05) is 11.8 Å². The lowest BCUT2D eigenvalue weighted by atomic mass is 9.94. The number of rotatable bonds is 2. The van der Waals surface area contributed by atoms with Crippen LogP contribution in [0.1, 0.15) is 35.7 Å². The summed E-state index contributed by atoms with van der Waals surface area (Å²) in [6, 6.07) is 3.81. The lowest BCUT2D eigenvalue weighted by Gasteiger charge is -2.34. The van der Waals surface area contributed by atoms with Crippen molar-refractivity contribution in [2.45, 2.75) is 25.3 Å². The molecular formula is C16H18FNO3. The number of aliphatic hydroxyl groups is 1. The van der Waals surface area contributed by atoms with E-state index in [1.165, 1.54) is 18.2 Å². The molecule has 2 rings (SSSR count). The van der Waals surface area contributed by atoms with Gasteiger partial charge >= 0.3 is 0 Å². The summed E-state index contributed by atoms with van der Waals surface area (Å²) in [6.45, 7) is 2.74. The zero-order valence-corrected chi connectivity index (χ0v) is 11.9. The van der Waals surface area contributed by atoms with Crippen molar-refractivity contribution >= 4 is 5.91 Å². The summed E-state index contributed by atoms with van der Waals surface area (Å²) < 4.78 is 18.7.